The van der Waals surface area contributed by atoms with Gasteiger partial charge in [-0.25, -0.2) is 4.68 Å². The molecule has 0 bridgehead atoms. The van der Waals surface area contributed by atoms with E-state index in [-0.39, 0.29) is 18.0 Å². The van der Waals surface area contributed by atoms with Gasteiger partial charge in [-0.05, 0) is 18.6 Å². The summed E-state index contributed by atoms with van der Waals surface area (Å²) in [5, 5.41) is 18.8. The number of carbonyl (C=O) groups excluding carboxylic acids is 1. The van der Waals surface area contributed by atoms with E-state index in [2.05, 4.69) is 15.6 Å². The highest BCUT2D eigenvalue weighted by Gasteiger charge is 2.10. The highest BCUT2D eigenvalue weighted by atomic mass is 16.4. The first-order valence-corrected chi connectivity index (χ1v) is 6.14. The highest BCUT2D eigenvalue weighted by molar-refractivity contribution is 5.91. The molecule has 0 aliphatic rings. The topological polar surface area (TPSA) is 97.1 Å². The number of carboxylic acid groups (broad SMARTS) is 1. The number of rotatable bonds is 6. The molecule has 1 aromatic carbocycles. The van der Waals surface area contributed by atoms with Crippen LogP contribution in [0.3, 0.4) is 0 Å². The first-order valence-electron chi connectivity index (χ1n) is 6.14. The number of carboxylic acids is 1. The molecule has 1 heterocycles. The second kappa shape index (κ2) is 6.46. The predicted molar refractivity (Wildman–Crippen MR) is 70.6 cm³/mol. The summed E-state index contributed by atoms with van der Waals surface area (Å²) < 4.78 is 1.51. The maximum atomic E-state index is 11.8. The smallest absolute Gasteiger partial charge is 0.303 e. The van der Waals surface area contributed by atoms with Crippen molar-refractivity contribution in [1.29, 1.82) is 0 Å². The highest BCUT2D eigenvalue weighted by Crippen LogP contribution is 2.05. The van der Waals surface area contributed by atoms with Crippen LogP contribution in [0.2, 0.25) is 0 Å². The molecule has 0 aliphatic heterocycles. The van der Waals surface area contributed by atoms with Crippen LogP contribution in [0.5, 0.6) is 0 Å². The summed E-state index contributed by atoms with van der Waals surface area (Å²) in [7, 11) is 0. The molecule has 0 radical (unpaired) electrons. The predicted octanol–water partition coefficient (Wildman–Crippen LogP) is 0.862. The van der Waals surface area contributed by atoms with Crippen molar-refractivity contribution in [2.75, 3.05) is 6.54 Å². The Morgan fingerprint density at radius 2 is 2.00 bits per heavy atom. The van der Waals surface area contributed by atoms with Gasteiger partial charge in [0.1, 0.15) is 0 Å². The molecule has 7 nitrogen and oxygen atoms in total. The molecule has 1 aromatic heterocycles. The first-order chi connectivity index (χ1) is 9.66. The molecule has 0 aliphatic carbocycles. The zero-order chi connectivity index (χ0) is 14.4. The molecule has 2 rings (SSSR count). The minimum Gasteiger partial charge on any atom is -0.481 e. The van der Waals surface area contributed by atoms with Crippen LogP contribution in [-0.4, -0.2) is 38.5 Å². The summed E-state index contributed by atoms with van der Waals surface area (Å²) >= 11 is 0. The Hall–Kier alpha value is -2.70. The lowest BCUT2D eigenvalue weighted by Gasteiger charge is -2.00. The lowest BCUT2D eigenvalue weighted by molar-refractivity contribution is -0.137. The van der Waals surface area contributed by atoms with Crippen molar-refractivity contribution in [3.63, 3.8) is 0 Å². The van der Waals surface area contributed by atoms with Crippen molar-refractivity contribution in [3.8, 4) is 5.69 Å². The molecule has 2 aromatic rings. The van der Waals surface area contributed by atoms with Gasteiger partial charge in [0.2, 0.25) is 0 Å². The molecule has 0 spiro atoms. The summed E-state index contributed by atoms with van der Waals surface area (Å²) in [4.78, 5) is 22.1. The molecule has 2 N–H and O–H groups in total. The van der Waals surface area contributed by atoms with E-state index in [0.717, 1.165) is 5.69 Å². The number of benzene rings is 1. The molecule has 0 unspecified atom stereocenters. The summed E-state index contributed by atoms with van der Waals surface area (Å²) in [5.41, 5.74) is 1.01. The van der Waals surface area contributed by atoms with Gasteiger partial charge in [-0.1, -0.05) is 23.4 Å². The van der Waals surface area contributed by atoms with Gasteiger partial charge >= 0.3 is 5.97 Å². The zero-order valence-electron chi connectivity index (χ0n) is 10.7. The van der Waals surface area contributed by atoms with Gasteiger partial charge in [0.25, 0.3) is 5.91 Å². The van der Waals surface area contributed by atoms with E-state index >= 15 is 0 Å². The summed E-state index contributed by atoms with van der Waals surface area (Å²) in [6.07, 6.45) is 1.94. The number of hydrogen-bond donors (Lipinski definition) is 2. The average molecular weight is 274 g/mol. The SMILES string of the molecule is O=C(O)CCCNC(=O)c1cn(-c2ccccc2)nn1. The molecular weight excluding hydrogens is 260 g/mol. The minimum atomic E-state index is -0.880. The standard InChI is InChI=1S/C13H14N4O3/c18-12(19)7-4-8-14-13(20)11-9-17(16-15-11)10-5-2-1-3-6-10/h1-3,5-6,9H,4,7-8H2,(H,14,20)(H,18,19). The van der Waals surface area contributed by atoms with Crippen LogP contribution in [0.25, 0.3) is 5.69 Å². The number of aromatic nitrogens is 3. The molecule has 7 heteroatoms. The van der Waals surface area contributed by atoms with Crippen LogP contribution in [0.1, 0.15) is 23.3 Å². The van der Waals surface area contributed by atoms with E-state index in [4.69, 9.17) is 5.11 Å². The number of aliphatic carboxylic acids is 1. The number of amides is 1. The third-order valence-corrected chi connectivity index (χ3v) is 2.60. The Morgan fingerprint density at radius 1 is 1.25 bits per heavy atom. The van der Waals surface area contributed by atoms with E-state index in [0.29, 0.717) is 13.0 Å². The van der Waals surface area contributed by atoms with E-state index in [9.17, 15) is 9.59 Å². The van der Waals surface area contributed by atoms with Crippen LogP contribution in [-0.2, 0) is 4.79 Å². The molecule has 104 valence electrons. The molecule has 0 atom stereocenters. The Morgan fingerprint density at radius 3 is 2.70 bits per heavy atom. The fourth-order valence-corrected chi connectivity index (χ4v) is 1.61. The van der Waals surface area contributed by atoms with E-state index in [1.807, 2.05) is 30.3 Å². The number of hydrogen-bond acceptors (Lipinski definition) is 4. The number of nitrogens with zero attached hydrogens (tertiary/aromatic N) is 3. The van der Waals surface area contributed by atoms with Crippen LogP contribution < -0.4 is 5.32 Å². The van der Waals surface area contributed by atoms with E-state index in [1.54, 1.807) is 0 Å². The largest absolute Gasteiger partial charge is 0.481 e. The average Bonchev–Trinajstić information content (AvgIpc) is 2.94. The maximum absolute atomic E-state index is 11.8. The Balaban J connectivity index is 1.92. The molecule has 1 amide bonds. The van der Waals surface area contributed by atoms with Crippen LogP contribution in [0.15, 0.2) is 36.5 Å². The lowest BCUT2D eigenvalue weighted by atomic mass is 10.3. The zero-order valence-corrected chi connectivity index (χ0v) is 10.7. The van der Waals surface area contributed by atoms with Crippen molar-refractivity contribution in [1.82, 2.24) is 20.3 Å². The van der Waals surface area contributed by atoms with Crippen LogP contribution in [0.4, 0.5) is 0 Å². The Kier molecular flexibility index (Phi) is 4.43. The Bertz CT molecular complexity index is 595. The number of para-hydroxylation sites is 1. The quantitative estimate of drug-likeness (QED) is 0.761. The monoisotopic (exact) mass is 274 g/mol. The van der Waals surface area contributed by atoms with Crippen LogP contribution in [0, 0.1) is 0 Å². The second-order valence-corrected chi connectivity index (χ2v) is 4.14. The van der Waals surface area contributed by atoms with Gasteiger partial charge in [0, 0.05) is 13.0 Å². The van der Waals surface area contributed by atoms with Gasteiger partial charge < -0.3 is 10.4 Å². The van der Waals surface area contributed by atoms with Gasteiger partial charge in [0.15, 0.2) is 5.69 Å². The van der Waals surface area contributed by atoms with Crippen LogP contribution >= 0.6 is 0 Å². The van der Waals surface area contributed by atoms with Crippen molar-refractivity contribution in [2.24, 2.45) is 0 Å². The fraction of sp³-hybridized carbons (Fsp3) is 0.231. The third kappa shape index (κ3) is 3.64. The Labute approximate surface area is 115 Å². The van der Waals surface area contributed by atoms with Crippen molar-refractivity contribution < 1.29 is 14.7 Å². The van der Waals surface area contributed by atoms with Gasteiger partial charge in [-0.2, -0.15) is 0 Å². The van der Waals surface area contributed by atoms with E-state index < -0.39 is 5.97 Å². The summed E-state index contributed by atoms with van der Waals surface area (Å²) in [6, 6.07) is 9.31. The summed E-state index contributed by atoms with van der Waals surface area (Å²) in [5.74, 6) is -1.24. The van der Waals surface area contributed by atoms with Crippen molar-refractivity contribution in [2.45, 2.75) is 12.8 Å². The minimum absolute atomic E-state index is 0.0248. The lowest BCUT2D eigenvalue weighted by Crippen LogP contribution is -2.25. The maximum Gasteiger partial charge on any atom is 0.303 e. The number of nitrogens with one attached hydrogen (secondary N) is 1. The third-order valence-electron chi connectivity index (χ3n) is 2.60. The fourth-order valence-electron chi connectivity index (χ4n) is 1.61. The summed E-state index contributed by atoms with van der Waals surface area (Å²) in [6.45, 7) is 0.295. The first kappa shape index (κ1) is 13.7. The molecule has 20 heavy (non-hydrogen) atoms. The molecular formula is C13H14N4O3. The van der Waals surface area contributed by atoms with E-state index in [1.165, 1.54) is 10.9 Å². The van der Waals surface area contributed by atoms with Crippen molar-refractivity contribution in [3.05, 3.63) is 42.2 Å². The van der Waals surface area contributed by atoms with Gasteiger partial charge in [0.05, 0.1) is 11.9 Å². The molecule has 0 saturated carbocycles. The van der Waals surface area contributed by atoms with Gasteiger partial charge in [-0.3, -0.25) is 9.59 Å². The molecule has 0 saturated heterocycles. The van der Waals surface area contributed by atoms with Gasteiger partial charge in [-0.15, -0.1) is 5.10 Å². The second-order valence-electron chi connectivity index (χ2n) is 4.14. The molecule has 0 fully saturated rings. The normalized spacial score (nSPS) is 10.2. The van der Waals surface area contributed by atoms with Crippen molar-refractivity contribution >= 4 is 11.9 Å². The number of carbonyl (C=O) groups is 2.